The number of methoxy groups -OCH3 is 1. The molecule has 1 aliphatic carbocycles. The molecule has 2 N–H and O–H groups in total. The van der Waals surface area contributed by atoms with Crippen molar-refractivity contribution in [3.63, 3.8) is 0 Å². The molecule has 25 heavy (non-hydrogen) atoms. The van der Waals surface area contributed by atoms with Crippen LogP contribution in [0.5, 0.6) is 0 Å². The molecule has 0 bridgehead atoms. The Morgan fingerprint density at radius 3 is 2.32 bits per heavy atom. The minimum Gasteiger partial charge on any atom is -0.393 e. The number of hydrogen-bond donors (Lipinski definition) is 1. The predicted octanol–water partition coefficient (Wildman–Crippen LogP) is 3.20. The van der Waals surface area contributed by atoms with Crippen LogP contribution in [-0.2, 0) is 14.6 Å². The summed E-state index contributed by atoms with van der Waals surface area (Å²) in [7, 11) is -2.14. The van der Waals surface area contributed by atoms with Crippen LogP contribution in [0.15, 0.2) is 59.5 Å². The lowest BCUT2D eigenvalue weighted by Crippen LogP contribution is -2.33. The van der Waals surface area contributed by atoms with Crippen molar-refractivity contribution in [1.82, 2.24) is 0 Å². The molecule has 3 rings (SSSR count). The summed E-state index contributed by atoms with van der Waals surface area (Å²) in [6, 6.07) is 15.6. The number of rotatable bonds is 6. The summed E-state index contributed by atoms with van der Waals surface area (Å²) in [4.78, 5) is 0.364. The smallest absolute Gasteiger partial charge is 0.182 e. The summed E-state index contributed by atoms with van der Waals surface area (Å²) in [5.41, 5.74) is 5.97. The van der Waals surface area contributed by atoms with Gasteiger partial charge in [-0.1, -0.05) is 54.2 Å². The standard InChI is InChI=1S/C18H18ClNO3S2/c1-23-11-18(17(20)24)15(12-5-3-2-4-6-12)16(18)25(21,22)14-9-7-13(19)8-10-14/h2-10,15-16H,11H2,1H3,(H2,20,24). The summed E-state index contributed by atoms with van der Waals surface area (Å²) < 4.78 is 31.9. The Hall–Kier alpha value is -1.47. The summed E-state index contributed by atoms with van der Waals surface area (Å²) in [6.07, 6.45) is 0. The van der Waals surface area contributed by atoms with Crippen molar-refractivity contribution in [1.29, 1.82) is 0 Å². The van der Waals surface area contributed by atoms with Gasteiger partial charge in [-0.15, -0.1) is 0 Å². The van der Waals surface area contributed by atoms with E-state index in [1.807, 2.05) is 30.3 Å². The van der Waals surface area contributed by atoms with Gasteiger partial charge in [0.15, 0.2) is 9.84 Å². The van der Waals surface area contributed by atoms with Crippen LogP contribution >= 0.6 is 23.8 Å². The van der Waals surface area contributed by atoms with Gasteiger partial charge < -0.3 is 10.5 Å². The minimum atomic E-state index is -3.66. The Morgan fingerprint density at radius 2 is 1.80 bits per heavy atom. The summed E-state index contributed by atoms with van der Waals surface area (Å²) >= 11 is 11.1. The first-order valence-corrected chi connectivity index (χ1v) is 10.0. The maximum atomic E-state index is 13.3. The van der Waals surface area contributed by atoms with E-state index < -0.39 is 20.5 Å². The zero-order chi connectivity index (χ0) is 18.2. The fourth-order valence-corrected chi connectivity index (χ4v) is 6.44. The molecule has 132 valence electrons. The Balaban J connectivity index is 2.11. The Morgan fingerprint density at radius 1 is 1.20 bits per heavy atom. The highest BCUT2D eigenvalue weighted by molar-refractivity contribution is 7.92. The van der Waals surface area contributed by atoms with Crippen LogP contribution in [0.25, 0.3) is 0 Å². The second-order valence-electron chi connectivity index (χ2n) is 6.15. The second kappa shape index (κ2) is 6.68. The van der Waals surface area contributed by atoms with Crippen molar-refractivity contribution in [2.75, 3.05) is 13.7 Å². The molecule has 0 aromatic heterocycles. The lowest BCUT2D eigenvalue weighted by molar-refractivity contribution is 0.166. The van der Waals surface area contributed by atoms with E-state index in [9.17, 15) is 8.42 Å². The van der Waals surface area contributed by atoms with Gasteiger partial charge in [-0.2, -0.15) is 0 Å². The number of sulfone groups is 1. The zero-order valence-corrected chi connectivity index (χ0v) is 15.9. The largest absolute Gasteiger partial charge is 0.393 e. The van der Waals surface area contributed by atoms with Crippen molar-refractivity contribution < 1.29 is 13.2 Å². The van der Waals surface area contributed by atoms with Gasteiger partial charge in [-0.25, -0.2) is 8.42 Å². The molecule has 0 radical (unpaired) electrons. The molecular formula is C18H18ClNO3S2. The molecule has 0 amide bonds. The van der Waals surface area contributed by atoms with Crippen LogP contribution in [0.3, 0.4) is 0 Å². The van der Waals surface area contributed by atoms with Gasteiger partial charge in [0, 0.05) is 18.1 Å². The van der Waals surface area contributed by atoms with Crippen molar-refractivity contribution in [2.45, 2.75) is 16.1 Å². The molecule has 1 saturated carbocycles. The van der Waals surface area contributed by atoms with Gasteiger partial charge in [0.1, 0.15) is 0 Å². The molecule has 2 aromatic rings. The fourth-order valence-electron chi connectivity index (χ4n) is 3.54. The third-order valence-corrected chi connectivity index (χ3v) is 7.66. The Bertz CT molecular complexity index is 884. The molecule has 2 aromatic carbocycles. The van der Waals surface area contributed by atoms with E-state index in [0.717, 1.165) is 5.56 Å². The Labute approximate surface area is 157 Å². The molecule has 1 fully saturated rings. The average Bonchev–Trinajstić information content (AvgIpc) is 3.27. The number of ether oxygens (including phenoxy) is 1. The lowest BCUT2D eigenvalue weighted by Gasteiger charge is -2.16. The van der Waals surface area contributed by atoms with Gasteiger partial charge in [0.25, 0.3) is 0 Å². The first-order valence-electron chi connectivity index (χ1n) is 7.69. The normalized spacial score (nSPS) is 25.5. The van der Waals surface area contributed by atoms with Crippen LogP contribution in [0, 0.1) is 5.41 Å². The highest BCUT2D eigenvalue weighted by Crippen LogP contribution is 2.64. The lowest BCUT2D eigenvalue weighted by atomic mass is 10.00. The third kappa shape index (κ3) is 2.97. The quantitative estimate of drug-likeness (QED) is 0.760. The molecule has 0 heterocycles. The van der Waals surface area contributed by atoms with Crippen LogP contribution in [0.4, 0.5) is 0 Å². The molecule has 0 aliphatic heterocycles. The summed E-state index contributed by atoms with van der Waals surface area (Å²) in [5, 5.41) is -0.284. The molecular weight excluding hydrogens is 378 g/mol. The maximum Gasteiger partial charge on any atom is 0.182 e. The SMILES string of the molecule is COCC1(C(N)=S)C(c2ccccc2)C1S(=O)(=O)c1ccc(Cl)cc1. The number of thiocarbonyl (C=S) groups is 1. The average molecular weight is 396 g/mol. The molecule has 0 saturated heterocycles. The van der Waals surface area contributed by atoms with Crippen molar-refractivity contribution in [2.24, 2.45) is 11.1 Å². The number of hydrogen-bond acceptors (Lipinski definition) is 4. The predicted molar refractivity (Wildman–Crippen MR) is 103 cm³/mol. The van der Waals surface area contributed by atoms with Gasteiger partial charge in [0.2, 0.25) is 0 Å². The van der Waals surface area contributed by atoms with Crippen LogP contribution in [0.1, 0.15) is 11.5 Å². The van der Waals surface area contributed by atoms with Crippen LogP contribution in [0.2, 0.25) is 5.02 Å². The molecule has 3 unspecified atom stereocenters. The molecule has 0 spiro atoms. The van der Waals surface area contributed by atoms with E-state index >= 15 is 0 Å². The van der Waals surface area contributed by atoms with E-state index in [-0.39, 0.29) is 22.4 Å². The van der Waals surface area contributed by atoms with E-state index in [4.69, 9.17) is 34.3 Å². The third-order valence-electron chi connectivity index (χ3n) is 4.73. The van der Waals surface area contributed by atoms with E-state index in [1.165, 1.54) is 19.2 Å². The van der Waals surface area contributed by atoms with E-state index in [2.05, 4.69) is 0 Å². The van der Waals surface area contributed by atoms with Gasteiger partial charge in [-0.05, 0) is 29.8 Å². The number of benzene rings is 2. The molecule has 1 aliphatic rings. The zero-order valence-electron chi connectivity index (χ0n) is 13.6. The van der Waals surface area contributed by atoms with E-state index in [1.54, 1.807) is 12.1 Å². The van der Waals surface area contributed by atoms with Gasteiger partial charge in [-0.3, -0.25) is 0 Å². The van der Waals surface area contributed by atoms with Gasteiger partial charge in [0.05, 0.1) is 27.2 Å². The van der Waals surface area contributed by atoms with Crippen LogP contribution in [-0.4, -0.2) is 32.4 Å². The van der Waals surface area contributed by atoms with Crippen molar-refractivity contribution in [3.8, 4) is 0 Å². The highest BCUT2D eigenvalue weighted by atomic mass is 35.5. The molecule has 7 heteroatoms. The molecule has 4 nitrogen and oxygen atoms in total. The van der Waals surface area contributed by atoms with E-state index in [0.29, 0.717) is 5.02 Å². The van der Waals surface area contributed by atoms with Crippen LogP contribution < -0.4 is 5.73 Å². The first-order chi connectivity index (χ1) is 11.9. The van der Waals surface area contributed by atoms with Gasteiger partial charge >= 0.3 is 0 Å². The summed E-state index contributed by atoms with van der Waals surface area (Å²) in [6.45, 7) is 0.152. The minimum absolute atomic E-state index is 0.152. The topological polar surface area (TPSA) is 69.4 Å². The maximum absolute atomic E-state index is 13.3. The fraction of sp³-hybridized carbons (Fsp3) is 0.278. The van der Waals surface area contributed by atoms with Crippen molar-refractivity contribution in [3.05, 3.63) is 65.2 Å². The highest BCUT2D eigenvalue weighted by Gasteiger charge is 2.73. The summed E-state index contributed by atoms with van der Waals surface area (Å²) in [5.74, 6) is -0.341. The first kappa shape index (κ1) is 18.3. The number of nitrogens with two attached hydrogens (primary N) is 1. The Kier molecular flexibility index (Phi) is 4.90. The van der Waals surface area contributed by atoms with Crippen molar-refractivity contribution >= 4 is 38.6 Å². The monoisotopic (exact) mass is 395 g/mol. The number of halogens is 1. The molecule has 3 atom stereocenters. The second-order valence-corrected chi connectivity index (χ2v) is 9.09.